The molecule has 0 N–H and O–H groups in total. The summed E-state index contributed by atoms with van der Waals surface area (Å²) in [5.74, 6) is 0.867. The molecule has 1 amide bonds. The van der Waals surface area contributed by atoms with Gasteiger partial charge >= 0.3 is 0 Å². The van der Waals surface area contributed by atoms with Crippen LogP contribution in [0, 0.1) is 13.8 Å². The molecule has 0 aliphatic carbocycles. The molecule has 26 heavy (non-hydrogen) atoms. The zero-order valence-electron chi connectivity index (χ0n) is 14.6. The standard InChI is InChI=1S/C20H18ClN3O2/c1-12-7-8-15(9-13(12)2)24-11-14(10-18(24)25)20-22-19(23-26-20)16-5-3-4-6-17(16)21/h3-9,14H,10-11H2,1-2H3/t14-/m1/s1. The number of amides is 1. The van der Waals surface area contributed by atoms with Crippen LogP contribution in [0.4, 0.5) is 5.69 Å². The van der Waals surface area contributed by atoms with Crippen LogP contribution in [-0.2, 0) is 4.79 Å². The second-order valence-corrected chi connectivity index (χ2v) is 7.02. The highest BCUT2D eigenvalue weighted by molar-refractivity contribution is 6.33. The Kier molecular flexibility index (Phi) is 4.24. The summed E-state index contributed by atoms with van der Waals surface area (Å²) in [5.41, 5.74) is 4.00. The van der Waals surface area contributed by atoms with Crippen molar-refractivity contribution in [3.05, 3.63) is 64.5 Å². The smallest absolute Gasteiger partial charge is 0.232 e. The van der Waals surface area contributed by atoms with Crippen LogP contribution in [0.3, 0.4) is 0 Å². The predicted octanol–water partition coefficient (Wildman–Crippen LogP) is 4.53. The first-order valence-corrected chi connectivity index (χ1v) is 8.87. The quantitative estimate of drug-likeness (QED) is 0.682. The van der Waals surface area contributed by atoms with Gasteiger partial charge in [0.15, 0.2) is 0 Å². The van der Waals surface area contributed by atoms with Gasteiger partial charge in [-0.25, -0.2) is 0 Å². The molecular formula is C20H18ClN3O2. The maximum Gasteiger partial charge on any atom is 0.232 e. The Morgan fingerprint density at radius 2 is 1.96 bits per heavy atom. The van der Waals surface area contributed by atoms with Gasteiger partial charge in [0.25, 0.3) is 0 Å². The van der Waals surface area contributed by atoms with E-state index in [9.17, 15) is 4.79 Å². The van der Waals surface area contributed by atoms with E-state index in [-0.39, 0.29) is 11.8 Å². The molecule has 1 aromatic heterocycles. The van der Waals surface area contributed by atoms with Crippen LogP contribution in [0.1, 0.15) is 29.4 Å². The zero-order chi connectivity index (χ0) is 18.3. The molecule has 1 aliphatic rings. The van der Waals surface area contributed by atoms with Crippen LogP contribution in [-0.4, -0.2) is 22.6 Å². The minimum absolute atomic E-state index is 0.0655. The van der Waals surface area contributed by atoms with Gasteiger partial charge in [-0.15, -0.1) is 0 Å². The molecule has 5 nitrogen and oxygen atoms in total. The van der Waals surface area contributed by atoms with Gasteiger partial charge in [-0.1, -0.05) is 35.0 Å². The van der Waals surface area contributed by atoms with Crippen molar-refractivity contribution in [2.24, 2.45) is 0 Å². The maximum absolute atomic E-state index is 12.5. The first-order chi connectivity index (χ1) is 12.5. The summed E-state index contributed by atoms with van der Waals surface area (Å²) in [7, 11) is 0. The number of aromatic nitrogens is 2. The van der Waals surface area contributed by atoms with Gasteiger partial charge < -0.3 is 9.42 Å². The molecule has 0 spiro atoms. The van der Waals surface area contributed by atoms with Gasteiger partial charge in [0.05, 0.1) is 10.9 Å². The zero-order valence-corrected chi connectivity index (χ0v) is 15.3. The van der Waals surface area contributed by atoms with E-state index in [0.29, 0.717) is 29.7 Å². The Morgan fingerprint density at radius 1 is 1.15 bits per heavy atom. The number of carbonyl (C=O) groups excluding carboxylic acids is 1. The lowest BCUT2D eigenvalue weighted by Crippen LogP contribution is -2.24. The van der Waals surface area contributed by atoms with E-state index < -0.39 is 0 Å². The third-order valence-electron chi connectivity index (χ3n) is 4.83. The fourth-order valence-corrected chi connectivity index (χ4v) is 3.39. The summed E-state index contributed by atoms with van der Waals surface area (Å²) >= 11 is 6.20. The van der Waals surface area contributed by atoms with Gasteiger partial charge in [-0.2, -0.15) is 4.98 Å². The number of carbonyl (C=O) groups is 1. The molecule has 1 aliphatic heterocycles. The summed E-state index contributed by atoms with van der Waals surface area (Å²) in [6.07, 6.45) is 0.358. The Bertz CT molecular complexity index is 983. The van der Waals surface area contributed by atoms with Crippen LogP contribution in [0.2, 0.25) is 5.02 Å². The SMILES string of the molecule is Cc1ccc(N2C[C@H](c3nc(-c4ccccc4Cl)no3)CC2=O)cc1C. The number of benzene rings is 2. The first kappa shape index (κ1) is 16.8. The van der Waals surface area contributed by atoms with Crippen molar-refractivity contribution in [3.8, 4) is 11.4 Å². The highest BCUT2D eigenvalue weighted by atomic mass is 35.5. The summed E-state index contributed by atoms with van der Waals surface area (Å²) < 4.78 is 5.43. The number of rotatable bonds is 3. The maximum atomic E-state index is 12.5. The fraction of sp³-hybridized carbons (Fsp3) is 0.250. The first-order valence-electron chi connectivity index (χ1n) is 8.49. The third-order valence-corrected chi connectivity index (χ3v) is 5.16. The highest BCUT2D eigenvalue weighted by Gasteiger charge is 2.35. The Balaban J connectivity index is 1.58. The van der Waals surface area contributed by atoms with Crippen molar-refractivity contribution in [1.82, 2.24) is 10.1 Å². The average Bonchev–Trinajstić information content (AvgIpc) is 3.25. The molecule has 6 heteroatoms. The van der Waals surface area contributed by atoms with E-state index >= 15 is 0 Å². The summed E-state index contributed by atoms with van der Waals surface area (Å²) in [6.45, 7) is 4.64. The monoisotopic (exact) mass is 367 g/mol. The molecule has 0 radical (unpaired) electrons. The van der Waals surface area contributed by atoms with Crippen LogP contribution in [0.5, 0.6) is 0 Å². The molecule has 132 valence electrons. The van der Waals surface area contributed by atoms with Crippen molar-refractivity contribution in [1.29, 1.82) is 0 Å². The molecule has 4 rings (SSSR count). The lowest BCUT2D eigenvalue weighted by molar-refractivity contribution is -0.117. The molecule has 3 aromatic rings. The molecule has 1 saturated heterocycles. The van der Waals surface area contributed by atoms with E-state index in [4.69, 9.17) is 16.1 Å². The molecular weight excluding hydrogens is 350 g/mol. The van der Waals surface area contributed by atoms with Crippen LogP contribution in [0.15, 0.2) is 47.0 Å². The molecule has 0 saturated carbocycles. The van der Waals surface area contributed by atoms with Gasteiger partial charge in [0, 0.05) is 24.2 Å². The topological polar surface area (TPSA) is 59.2 Å². The van der Waals surface area contributed by atoms with E-state index in [1.165, 1.54) is 5.56 Å². The van der Waals surface area contributed by atoms with Crippen LogP contribution >= 0.6 is 11.6 Å². The minimum atomic E-state index is -0.118. The van der Waals surface area contributed by atoms with E-state index in [2.05, 4.69) is 17.1 Å². The highest BCUT2D eigenvalue weighted by Crippen LogP contribution is 2.33. The number of hydrogen-bond donors (Lipinski definition) is 0. The van der Waals surface area contributed by atoms with Crippen molar-refractivity contribution in [3.63, 3.8) is 0 Å². The van der Waals surface area contributed by atoms with Gasteiger partial charge in [0.2, 0.25) is 17.6 Å². The normalized spacial score (nSPS) is 17.1. The number of hydrogen-bond acceptors (Lipinski definition) is 4. The Labute approximate surface area is 156 Å². The number of nitrogens with zero attached hydrogens (tertiary/aromatic N) is 3. The van der Waals surface area contributed by atoms with Gasteiger partial charge in [-0.3, -0.25) is 4.79 Å². The summed E-state index contributed by atoms with van der Waals surface area (Å²) in [6, 6.07) is 13.4. The van der Waals surface area contributed by atoms with Crippen molar-refractivity contribution in [2.75, 3.05) is 11.4 Å². The number of halogens is 1. The van der Waals surface area contributed by atoms with E-state index in [1.807, 2.05) is 43.3 Å². The van der Waals surface area contributed by atoms with Crippen molar-refractivity contribution < 1.29 is 9.32 Å². The van der Waals surface area contributed by atoms with Crippen molar-refractivity contribution in [2.45, 2.75) is 26.2 Å². The lowest BCUT2D eigenvalue weighted by Gasteiger charge is -2.17. The molecule has 2 heterocycles. The number of anilines is 1. The second-order valence-electron chi connectivity index (χ2n) is 6.61. The largest absolute Gasteiger partial charge is 0.339 e. The van der Waals surface area contributed by atoms with Crippen LogP contribution < -0.4 is 4.90 Å². The van der Waals surface area contributed by atoms with E-state index in [1.54, 1.807) is 11.0 Å². The Hall–Kier alpha value is -2.66. The molecule has 1 atom stereocenters. The van der Waals surface area contributed by atoms with Gasteiger partial charge in [0.1, 0.15) is 0 Å². The third kappa shape index (κ3) is 2.99. The number of aryl methyl sites for hydroxylation is 2. The molecule has 2 aromatic carbocycles. The predicted molar refractivity (Wildman–Crippen MR) is 100 cm³/mol. The molecule has 1 fully saturated rings. The van der Waals surface area contributed by atoms with E-state index in [0.717, 1.165) is 16.8 Å². The lowest BCUT2D eigenvalue weighted by atomic mass is 10.1. The average molecular weight is 368 g/mol. The van der Waals surface area contributed by atoms with Crippen molar-refractivity contribution >= 4 is 23.2 Å². The molecule has 0 unspecified atom stereocenters. The second kappa shape index (κ2) is 6.57. The summed E-state index contributed by atoms with van der Waals surface area (Å²) in [4.78, 5) is 18.8. The van der Waals surface area contributed by atoms with Gasteiger partial charge in [-0.05, 0) is 49.2 Å². The summed E-state index contributed by atoms with van der Waals surface area (Å²) in [5, 5.41) is 4.61. The fourth-order valence-electron chi connectivity index (χ4n) is 3.17. The van der Waals surface area contributed by atoms with Crippen LogP contribution in [0.25, 0.3) is 11.4 Å². The minimum Gasteiger partial charge on any atom is -0.339 e. The Morgan fingerprint density at radius 3 is 2.73 bits per heavy atom. The molecule has 0 bridgehead atoms.